The molecule has 0 fully saturated rings. The zero-order valence-electron chi connectivity index (χ0n) is 10.8. The van der Waals surface area contributed by atoms with Gasteiger partial charge in [-0.3, -0.25) is 4.79 Å². The first-order valence-electron chi connectivity index (χ1n) is 5.87. The molecule has 19 heavy (non-hydrogen) atoms. The first-order chi connectivity index (χ1) is 9.15. The molecule has 0 aromatic carbocycles. The molecule has 0 spiro atoms. The predicted molar refractivity (Wildman–Crippen MR) is 81.1 cm³/mol. The van der Waals surface area contributed by atoms with Gasteiger partial charge in [0.1, 0.15) is 5.01 Å². The summed E-state index contributed by atoms with van der Waals surface area (Å²) in [5.41, 5.74) is 1.30. The van der Waals surface area contributed by atoms with Gasteiger partial charge in [-0.1, -0.05) is 23.1 Å². The van der Waals surface area contributed by atoms with Gasteiger partial charge in [-0.15, -0.1) is 21.5 Å². The van der Waals surface area contributed by atoms with E-state index in [1.54, 1.807) is 11.3 Å². The van der Waals surface area contributed by atoms with Crippen LogP contribution in [0.15, 0.2) is 15.8 Å². The van der Waals surface area contributed by atoms with Crippen LogP contribution in [-0.4, -0.2) is 28.4 Å². The number of hydrogen-bond acceptors (Lipinski definition) is 6. The number of rotatable bonds is 6. The van der Waals surface area contributed by atoms with E-state index in [1.165, 1.54) is 33.5 Å². The molecule has 0 unspecified atom stereocenters. The van der Waals surface area contributed by atoms with Crippen LogP contribution in [0.2, 0.25) is 0 Å². The summed E-state index contributed by atoms with van der Waals surface area (Å²) in [4.78, 5) is 13.0. The number of aryl methyl sites for hydroxylation is 2. The lowest BCUT2D eigenvalue weighted by molar-refractivity contribution is -0.118. The Balaban J connectivity index is 1.66. The van der Waals surface area contributed by atoms with Crippen LogP contribution < -0.4 is 5.32 Å². The Morgan fingerprint density at radius 1 is 1.42 bits per heavy atom. The van der Waals surface area contributed by atoms with Crippen LogP contribution >= 0.6 is 34.4 Å². The maximum Gasteiger partial charge on any atom is 0.230 e. The predicted octanol–water partition coefficient (Wildman–Crippen LogP) is 2.67. The van der Waals surface area contributed by atoms with Crippen LogP contribution in [0.4, 0.5) is 0 Å². The van der Waals surface area contributed by atoms with Crippen LogP contribution in [0.5, 0.6) is 0 Å². The van der Waals surface area contributed by atoms with Gasteiger partial charge in [-0.2, -0.15) is 0 Å². The van der Waals surface area contributed by atoms with Gasteiger partial charge in [-0.25, -0.2) is 0 Å². The molecule has 0 radical (unpaired) electrons. The minimum Gasteiger partial charge on any atom is -0.355 e. The van der Waals surface area contributed by atoms with E-state index in [0.29, 0.717) is 12.3 Å². The van der Waals surface area contributed by atoms with Gasteiger partial charge in [-0.05, 0) is 37.3 Å². The van der Waals surface area contributed by atoms with E-state index in [4.69, 9.17) is 0 Å². The molecule has 0 atom stereocenters. The molecule has 2 aromatic rings. The van der Waals surface area contributed by atoms with E-state index in [9.17, 15) is 4.79 Å². The lowest BCUT2D eigenvalue weighted by Crippen LogP contribution is -2.27. The quantitative estimate of drug-likeness (QED) is 0.833. The van der Waals surface area contributed by atoms with Gasteiger partial charge in [0.25, 0.3) is 0 Å². The molecule has 1 amide bonds. The van der Waals surface area contributed by atoms with Crippen molar-refractivity contribution in [3.8, 4) is 0 Å². The molecule has 0 saturated carbocycles. The molecule has 0 aliphatic heterocycles. The molecule has 2 heterocycles. The molecule has 0 aliphatic carbocycles. The Bertz CT molecular complexity index is 550. The zero-order chi connectivity index (χ0) is 13.7. The van der Waals surface area contributed by atoms with E-state index in [2.05, 4.69) is 33.9 Å². The average Bonchev–Trinajstić information content (AvgIpc) is 2.96. The summed E-state index contributed by atoms with van der Waals surface area (Å²) >= 11 is 4.69. The summed E-state index contributed by atoms with van der Waals surface area (Å²) in [6.45, 7) is 4.70. The number of hydrogen-bond donors (Lipinski definition) is 1. The largest absolute Gasteiger partial charge is 0.355 e. The van der Waals surface area contributed by atoms with Crippen LogP contribution in [0.25, 0.3) is 0 Å². The second kappa shape index (κ2) is 7.02. The van der Waals surface area contributed by atoms with E-state index >= 15 is 0 Å². The highest BCUT2D eigenvalue weighted by molar-refractivity contribution is 8.01. The van der Waals surface area contributed by atoms with Crippen molar-refractivity contribution < 1.29 is 4.79 Å². The van der Waals surface area contributed by atoms with Gasteiger partial charge in [0.2, 0.25) is 5.91 Å². The summed E-state index contributed by atoms with van der Waals surface area (Å²) in [6.07, 6.45) is 0.901. The van der Waals surface area contributed by atoms with Gasteiger partial charge in [0, 0.05) is 11.4 Å². The summed E-state index contributed by atoms with van der Waals surface area (Å²) in [6, 6.07) is 2.11. The maximum atomic E-state index is 11.7. The van der Waals surface area contributed by atoms with Gasteiger partial charge >= 0.3 is 0 Å². The standard InChI is InChI=1S/C12H15N3OS3/c1-8-4-6-17-10(8)3-5-13-11(16)7-18-12-15-14-9(2)19-12/h4,6H,3,5,7H2,1-2H3,(H,13,16). The first kappa shape index (κ1) is 14.5. The topological polar surface area (TPSA) is 54.9 Å². The number of thiophene rings is 1. The minimum atomic E-state index is 0.0482. The molecular formula is C12H15N3OS3. The van der Waals surface area contributed by atoms with Gasteiger partial charge in [0.05, 0.1) is 5.75 Å². The Morgan fingerprint density at radius 3 is 2.89 bits per heavy atom. The number of nitrogens with one attached hydrogen (secondary N) is 1. The van der Waals surface area contributed by atoms with Crippen molar-refractivity contribution in [1.82, 2.24) is 15.5 Å². The monoisotopic (exact) mass is 313 g/mol. The Labute approximate surface area is 124 Å². The molecule has 102 valence electrons. The first-order valence-corrected chi connectivity index (χ1v) is 8.56. The number of nitrogens with zero attached hydrogens (tertiary/aromatic N) is 2. The highest BCUT2D eigenvalue weighted by atomic mass is 32.2. The smallest absolute Gasteiger partial charge is 0.230 e. The highest BCUT2D eigenvalue weighted by Crippen LogP contribution is 2.21. The number of carbonyl (C=O) groups excluding carboxylic acids is 1. The third-order valence-electron chi connectivity index (χ3n) is 2.48. The highest BCUT2D eigenvalue weighted by Gasteiger charge is 2.06. The lowest BCUT2D eigenvalue weighted by atomic mass is 10.2. The van der Waals surface area contributed by atoms with Crippen molar-refractivity contribution in [3.63, 3.8) is 0 Å². The second-order valence-electron chi connectivity index (χ2n) is 4.00. The van der Waals surface area contributed by atoms with Crippen molar-refractivity contribution in [2.24, 2.45) is 0 Å². The Hall–Kier alpha value is -0.920. The van der Waals surface area contributed by atoms with Crippen molar-refractivity contribution in [3.05, 3.63) is 26.9 Å². The normalized spacial score (nSPS) is 10.6. The molecule has 7 heteroatoms. The number of carbonyl (C=O) groups is 1. The number of aromatic nitrogens is 2. The summed E-state index contributed by atoms with van der Waals surface area (Å²) in [7, 11) is 0. The number of thioether (sulfide) groups is 1. The molecule has 0 aliphatic rings. The van der Waals surface area contributed by atoms with Crippen molar-refractivity contribution in [2.45, 2.75) is 24.6 Å². The van der Waals surface area contributed by atoms with Gasteiger partial charge < -0.3 is 5.32 Å². The van der Waals surface area contributed by atoms with E-state index in [-0.39, 0.29) is 5.91 Å². The molecule has 0 bridgehead atoms. The Kier molecular flexibility index (Phi) is 5.35. The molecule has 2 aromatic heterocycles. The van der Waals surface area contributed by atoms with Crippen molar-refractivity contribution in [1.29, 1.82) is 0 Å². The van der Waals surface area contributed by atoms with Crippen LogP contribution in [0, 0.1) is 13.8 Å². The summed E-state index contributed by atoms with van der Waals surface area (Å²) in [5, 5.41) is 13.8. The fourth-order valence-electron chi connectivity index (χ4n) is 1.49. The fraction of sp³-hybridized carbons (Fsp3) is 0.417. The van der Waals surface area contributed by atoms with E-state index in [0.717, 1.165) is 15.8 Å². The van der Waals surface area contributed by atoms with Crippen molar-refractivity contribution >= 4 is 40.3 Å². The minimum absolute atomic E-state index is 0.0482. The van der Waals surface area contributed by atoms with E-state index in [1.807, 2.05) is 6.92 Å². The summed E-state index contributed by atoms with van der Waals surface area (Å²) < 4.78 is 0.849. The third kappa shape index (κ3) is 4.59. The zero-order valence-corrected chi connectivity index (χ0v) is 13.3. The molecule has 1 N–H and O–H groups in total. The molecular weight excluding hydrogens is 298 g/mol. The van der Waals surface area contributed by atoms with E-state index < -0.39 is 0 Å². The van der Waals surface area contributed by atoms with Crippen LogP contribution in [0.1, 0.15) is 15.4 Å². The number of amides is 1. The van der Waals surface area contributed by atoms with Crippen molar-refractivity contribution in [2.75, 3.05) is 12.3 Å². The molecule has 2 rings (SSSR count). The SMILES string of the molecule is Cc1nnc(SCC(=O)NCCc2sccc2C)s1. The third-order valence-corrected chi connectivity index (χ3v) is 5.53. The lowest BCUT2D eigenvalue weighted by Gasteiger charge is -2.03. The molecule has 0 saturated heterocycles. The van der Waals surface area contributed by atoms with Crippen LogP contribution in [-0.2, 0) is 11.2 Å². The van der Waals surface area contributed by atoms with Crippen LogP contribution in [0.3, 0.4) is 0 Å². The van der Waals surface area contributed by atoms with Gasteiger partial charge in [0.15, 0.2) is 4.34 Å². The average molecular weight is 313 g/mol. The fourth-order valence-corrected chi connectivity index (χ4v) is 4.05. The Morgan fingerprint density at radius 2 is 2.26 bits per heavy atom. The maximum absolute atomic E-state index is 11.7. The molecule has 4 nitrogen and oxygen atoms in total. The summed E-state index contributed by atoms with van der Waals surface area (Å²) in [5.74, 6) is 0.449. The second-order valence-corrected chi connectivity index (χ2v) is 7.41.